The van der Waals surface area contributed by atoms with Crippen molar-refractivity contribution in [2.45, 2.75) is 0 Å². The number of nitro groups is 1. The number of esters is 1. The average molecular weight is 687 g/mol. The van der Waals surface area contributed by atoms with E-state index in [1.807, 2.05) is 0 Å². The molecule has 5 rings (SSSR count). The van der Waals surface area contributed by atoms with Crippen molar-refractivity contribution in [1.82, 2.24) is 10.0 Å². The predicted octanol–water partition coefficient (Wildman–Crippen LogP) is 6.96. The third-order valence-electron chi connectivity index (χ3n) is 6.54. The Labute approximate surface area is 273 Å². The number of nitro benzene ring substituents is 1. The molecule has 1 aliphatic heterocycles. The van der Waals surface area contributed by atoms with E-state index < -0.39 is 52.2 Å². The molecule has 226 valence electrons. The number of rotatable bonds is 8. The quantitative estimate of drug-likeness (QED) is 0.0483. The van der Waals surface area contributed by atoms with Crippen molar-refractivity contribution in [2.75, 3.05) is 6.54 Å². The summed E-state index contributed by atoms with van der Waals surface area (Å²) in [5.74, 6) is -4.69. The molecule has 0 saturated carbocycles. The lowest BCUT2D eigenvalue weighted by molar-refractivity contribution is -0.385. The van der Waals surface area contributed by atoms with Gasteiger partial charge in [-0.15, -0.1) is 0 Å². The molecule has 0 N–H and O–H groups in total. The maximum absolute atomic E-state index is 13.7. The fourth-order valence-corrected chi connectivity index (χ4v) is 5.18. The van der Waals surface area contributed by atoms with Crippen molar-refractivity contribution in [3.05, 3.63) is 137 Å². The van der Waals surface area contributed by atoms with Gasteiger partial charge in [0.05, 0.1) is 31.1 Å². The van der Waals surface area contributed by atoms with Gasteiger partial charge in [-0.05, 0) is 66.7 Å². The number of Topliss-reactive ketones (excluding diaryl/α,β-unsaturated/α-hetero) is 1. The zero-order valence-electron chi connectivity index (χ0n) is 22.3. The van der Waals surface area contributed by atoms with E-state index >= 15 is 0 Å². The normalized spacial score (nSPS) is 12.1. The van der Waals surface area contributed by atoms with Crippen molar-refractivity contribution in [1.29, 1.82) is 0 Å². The number of halogens is 4. The molecule has 0 aliphatic carbocycles. The van der Waals surface area contributed by atoms with Crippen LogP contribution in [0.15, 0.2) is 78.9 Å². The molecule has 15 heteroatoms. The first kappa shape index (κ1) is 31.6. The standard InChI is InChI=1S/C30H15Cl4N3O8/c31-17-7-10-19(22(33)13-17)30(42)45-18-8-4-15(5-9-18)25(38)14-35(27(39)16-6-11-21(32)23(34)12-16)36-28(40)20-2-1-3-24(37(43)44)26(20)29(36)41/h1-13H,14H2. The smallest absolute Gasteiger partial charge is 0.345 e. The average Bonchev–Trinajstić information content (AvgIpc) is 3.26. The number of imide groups is 1. The number of benzene rings is 4. The maximum atomic E-state index is 13.7. The van der Waals surface area contributed by atoms with E-state index in [0.29, 0.717) is 15.0 Å². The van der Waals surface area contributed by atoms with Gasteiger partial charge in [0, 0.05) is 22.2 Å². The van der Waals surface area contributed by atoms with Gasteiger partial charge < -0.3 is 4.74 Å². The second kappa shape index (κ2) is 12.7. The van der Waals surface area contributed by atoms with Crippen LogP contribution in [0, 0.1) is 10.1 Å². The lowest BCUT2D eigenvalue weighted by atomic mass is 10.1. The van der Waals surface area contributed by atoms with Crippen LogP contribution < -0.4 is 4.74 Å². The molecule has 4 aromatic carbocycles. The lowest BCUT2D eigenvalue weighted by Crippen LogP contribution is -2.51. The number of hydrogen-bond donors (Lipinski definition) is 0. The highest BCUT2D eigenvalue weighted by Crippen LogP contribution is 2.33. The van der Waals surface area contributed by atoms with Crippen LogP contribution in [0.4, 0.5) is 5.69 Å². The SMILES string of the molecule is O=C(CN(C(=O)c1ccc(Cl)c(Cl)c1)N1C(=O)c2cccc([N+](=O)[O-])c2C1=O)c1ccc(OC(=O)c2ccc(Cl)cc2Cl)cc1. The van der Waals surface area contributed by atoms with Gasteiger partial charge in [-0.3, -0.25) is 29.3 Å². The van der Waals surface area contributed by atoms with Crippen LogP contribution in [0.1, 0.15) is 51.8 Å². The van der Waals surface area contributed by atoms with E-state index in [4.69, 9.17) is 51.1 Å². The number of ether oxygens (including phenoxy) is 1. The molecule has 11 nitrogen and oxygen atoms in total. The highest BCUT2D eigenvalue weighted by atomic mass is 35.5. The third-order valence-corrected chi connectivity index (χ3v) is 7.83. The van der Waals surface area contributed by atoms with E-state index in [-0.39, 0.29) is 43.1 Å². The molecule has 0 radical (unpaired) electrons. The highest BCUT2D eigenvalue weighted by Gasteiger charge is 2.46. The highest BCUT2D eigenvalue weighted by molar-refractivity contribution is 6.42. The number of nitrogens with zero attached hydrogens (tertiary/aromatic N) is 3. The van der Waals surface area contributed by atoms with Crippen molar-refractivity contribution in [2.24, 2.45) is 0 Å². The van der Waals surface area contributed by atoms with Crippen molar-refractivity contribution in [3.8, 4) is 5.75 Å². The van der Waals surface area contributed by atoms with Crippen LogP contribution in [0.5, 0.6) is 5.75 Å². The van der Waals surface area contributed by atoms with Crippen LogP contribution in [-0.4, -0.2) is 51.0 Å². The minimum absolute atomic E-state index is 0.00820. The number of ketones is 1. The minimum Gasteiger partial charge on any atom is -0.423 e. The molecule has 0 spiro atoms. The molecular weight excluding hydrogens is 672 g/mol. The Bertz CT molecular complexity index is 1950. The Balaban J connectivity index is 1.44. The van der Waals surface area contributed by atoms with Crippen LogP contribution >= 0.6 is 46.4 Å². The molecule has 4 aromatic rings. The van der Waals surface area contributed by atoms with E-state index in [0.717, 1.165) is 6.07 Å². The Morgan fingerprint density at radius 1 is 0.800 bits per heavy atom. The second-order valence-corrected chi connectivity index (χ2v) is 11.0. The summed E-state index contributed by atoms with van der Waals surface area (Å²) in [7, 11) is 0. The van der Waals surface area contributed by atoms with E-state index in [9.17, 15) is 34.1 Å². The molecular formula is C30H15Cl4N3O8. The summed E-state index contributed by atoms with van der Waals surface area (Å²) < 4.78 is 5.31. The van der Waals surface area contributed by atoms with Gasteiger partial charge in [0.25, 0.3) is 23.4 Å². The van der Waals surface area contributed by atoms with E-state index in [2.05, 4.69) is 0 Å². The zero-order valence-corrected chi connectivity index (χ0v) is 25.4. The molecule has 0 bridgehead atoms. The Hall–Kier alpha value is -4.81. The maximum Gasteiger partial charge on any atom is 0.345 e. The van der Waals surface area contributed by atoms with Gasteiger partial charge in [0.15, 0.2) is 5.78 Å². The molecule has 1 heterocycles. The molecule has 0 aromatic heterocycles. The fraction of sp³-hybridized carbons (Fsp3) is 0.0333. The summed E-state index contributed by atoms with van der Waals surface area (Å²) in [6.07, 6.45) is 0. The summed E-state index contributed by atoms with van der Waals surface area (Å²) in [6, 6.07) is 16.6. The number of hydrazine groups is 1. The van der Waals surface area contributed by atoms with Gasteiger partial charge in [-0.25, -0.2) is 9.80 Å². The molecule has 3 amide bonds. The Morgan fingerprint density at radius 2 is 1.49 bits per heavy atom. The summed E-state index contributed by atoms with van der Waals surface area (Å²) in [5.41, 5.74) is -1.56. The summed E-state index contributed by atoms with van der Waals surface area (Å²) in [5, 5.41) is 13.1. The lowest BCUT2D eigenvalue weighted by Gasteiger charge is -2.29. The topological polar surface area (TPSA) is 144 Å². The summed E-state index contributed by atoms with van der Waals surface area (Å²) >= 11 is 24.0. The van der Waals surface area contributed by atoms with Crippen LogP contribution in [0.3, 0.4) is 0 Å². The number of hydrogen-bond acceptors (Lipinski definition) is 8. The van der Waals surface area contributed by atoms with Crippen LogP contribution in [0.2, 0.25) is 20.1 Å². The number of fused-ring (bicyclic) bond motifs is 1. The van der Waals surface area contributed by atoms with Crippen LogP contribution in [-0.2, 0) is 0 Å². The largest absolute Gasteiger partial charge is 0.423 e. The molecule has 0 fully saturated rings. The van der Waals surface area contributed by atoms with Crippen molar-refractivity contribution < 1.29 is 33.6 Å². The van der Waals surface area contributed by atoms with Crippen molar-refractivity contribution >= 4 is 81.6 Å². The third kappa shape index (κ3) is 6.24. The molecule has 0 saturated heterocycles. The molecule has 0 atom stereocenters. The predicted molar refractivity (Wildman–Crippen MR) is 163 cm³/mol. The molecule has 1 aliphatic rings. The van der Waals surface area contributed by atoms with Gasteiger partial charge in [0.2, 0.25) is 0 Å². The van der Waals surface area contributed by atoms with Gasteiger partial charge in [-0.1, -0.05) is 52.5 Å². The number of carbonyl (C=O) groups is 5. The van der Waals surface area contributed by atoms with Crippen LogP contribution in [0.25, 0.3) is 0 Å². The van der Waals surface area contributed by atoms with Gasteiger partial charge in [-0.2, -0.15) is 5.01 Å². The van der Waals surface area contributed by atoms with E-state index in [1.165, 1.54) is 72.8 Å². The van der Waals surface area contributed by atoms with Gasteiger partial charge >= 0.3 is 5.97 Å². The minimum atomic E-state index is -1.17. The number of carbonyl (C=O) groups excluding carboxylic acids is 5. The first-order chi connectivity index (χ1) is 21.4. The summed E-state index contributed by atoms with van der Waals surface area (Å²) in [4.78, 5) is 77.2. The monoisotopic (exact) mass is 685 g/mol. The van der Waals surface area contributed by atoms with Gasteiger partial charge in [0.1, 0.15) is 17.9 Å². The second-order valence-electron chi connectivity index (χ2n) is 9.33. The molecule has 0 unspecified atom stereocenters. The Kier molecular flexibility index (Phi) is 8.89. The fourth-order valence-electron chi connectivity index (χ4n) is 4.39. The number of amides is 3. The first-order valence-corrected chi connectivity index (χ1v) is 14.1. The molecule has 45 heavy (non-hydrogen) atoms. The first-order valence-electron chi connectivity index (χ1n) is 12.6. The Morgan fingerprint density at radius 3 is 2.13 bits per heavy atom. The van der Waals surface area contributed by atoms with Crippen molar-refractivity contribution in [3.63, 3.8) is 0 Å². The summed E-state index contributed by atoms with van der Waals surface area (Å²) in [6.45, 7) is -0.849. The zero-order chi connectivity index (χ0) is 32.6. The van der Waals surface area contributed by atoms with E-state index in [1.54, 1.807) is 0 Å².